The van der Waals surface area contributed by atoms with E-state index in [4.69, 9.17) is 0 Å². The molecule has 0 N–H and O–H groups in total. The van der Waals surface area contributed by atoms with Crippen molar-refractivity contribution in [2.75, 3.05) is 0 Å². The number of alkyl halides is 2. The first-order chi connectivity index (χ1) is 15.6. The maximum Gasteiger partial charge on any atom is 0.333 e. The van der Waals surface area contributed by atoms with Crippen LogP contribution in [0.25, 0.3) is 10.9 Å². The van der Waals surface area contributed by atoms with Crippen molar-refractivity contribution in [3.05, 3.63) is 77.2 Å². The zero-order valence-corrected chi connectivity index (χ0v) is 17.9. The molecule has 0 spiro atoms. The molecular formula is C21H16F4N4O3S. The van der Waals surface area contributed by atoms with E-state index in [0.29, 0.717) is 20.6 Å². The largest absolute Gasteiger partial charge is 0.333 e. The van der Waals surface area contributed by atoms with Gasteiger partial charge in [-0.15, -0.1) is 0 Å². The predicted octanol–water partition coefficient (Wildman–Crippen LogP) is 3.81. The fourth-order valence-corrected chi connectivity index (χ4v) is 4.85. The Balaban J connectivity index is 1.63. The fourth-order valence-electron chi connectivity index (χ4n) is 3.42. The summed E-state index contributed by atoms with van der Waals surface area (Å²) in [6, 6.07) is 7.83. The van der Waals surface area contributed by atoms with Crippen molar-refractivity contribution in [2.45, 2.75) is 31.2 Å². The van der Waals surface area contributed by atoms with E-state index in [9.17, 15) is 30.8 Å². The van der Waals surface area contributed by atoms with Gasteiger partial charge in [-0.05, 0) is 36.2 Å². The summed E-state index contributed by atoms with van der Waals surface area (Å²) in [5.74, 6) is -2.37. The number of hydrogen-bond acceptors (Lipinski definition) is 5. The van der Waals surface area contributed by atoms with E-state index < -0.39 is 33.1 Å². The van der Waals surface area contributed by atoms with Gasteiger partial charge in [0.2, 0.25) is 0 Å². The number of aryl methyl sites for hydroxylation is 1. The van der Waals surface area contributed by atoms with Crippen LogP contribution in [0.4, 0.5) is 17.6 Å². The van der Waals surface area contributed by atoms with Gasteiger partial charge in [-0.25, -0.2) is 13.5 Å². The molecule has 0 bridgehead atoms. The second-order valence-corrected chi connectivity index (χ2v) is 9.10. The van der Waals surface area contributed by atoms with Gasteiger partial charge in [-0.2, -0.15) is 31.5 Å². The number of fused-ring (bicyclic) bond motifs is 1. The zero-order valence-electron chi connectivity index (χ0n) is 17.0. The van der Waals surface area contributed by atoms with Crippen LogP contribution in [0.1, 0.15) is 23.4 Å². The molecule has 0 saturated heterocycles. The third-order valence-corrected chi connectivity index (χ3v) is 6.67. The molecule has 2 aromatic carbocycles. The summed E-state index contributed by atoms with van der Waals surface area (Å²) in [6.07, 6.45) is 1.80. The van der Waals surface area contributed by atoms with Crippen molar-refractivity contribution in [3.63, 3.8) is 0 Å². The third kappa shape index (κ3) is 4.38. The highest BCUT2D eigenvalue weighted by molar-refractivity contribution is 7.90. The zero-order chi connectivity index (χ0) is 23.9. The highest BCUT2D eigenvalue weighted by Gasteiger charge is 2.27. The molecule has 0 aliphatic heterocycles. The Morgan fingerprint density at radius 3 is 2.33 bits per heavy atom. The van der Waals surface area contributed by atoms with E-state index in [1.165, 1.54) is 25.3 Å². The Bertz CT molecular complexity index is 1480. The van der Waals surface area contributed by atoms with Gasteiger partial charge in [0.1, 0.15) is 10.7 Å². The average Bonchev–Trinajstić information content (AvgIpc) is 3.35. The summed E-state index contributed by atoms with van der Waals surface area (Å²) in [6.45, 7) is -1.71. The van der Waals surface area contributed by atoms with Crippen molar-refractivity contribution in [2.24, 2.45) is 0 Å². The number of nitrogens with zero attached hydrogens (tertiary/aromatic N) is 4. The molecule has 0 atom stereocenters. The van der Waals surface area contributed by atoms with E-state index in [0.717, 1.165) is 18.3 Å². The molecule has 4 rings (SSSR count). The third-order valence-electron chi connectivity index (χ3n) is 4.97. The SMILES string of the molecule is Cc1nn(C(F)F)cc1S(=O)(=O)n1ncc2ccc(CC(=O)Cc3ccc(F)c(F)c3)cc21. The molecule has 0 unspecified atom stereocenters. The minimum atomic E-state index is -4.34. The van der Waals surface area contributed by atoms with Gasteiger partial charge < -0.3 is 0 Å². The normalized spacial score (nSPS) is 12.1. The quantitative estimate of drug-likeness (QED) is 0.376. The van der Waals surface area contributed by atoms with Crippen LogP contribution in [0.5, 0.6) is 0 Å². The highest BCUT2D eigenvalue weighted by Crippen LogP contribution is 2.25. The Kier molecular flexibility index (Phi) is 5.78. The van der Waals surface area contributed by atoms with Crippen molar-refractivity contribution >= 4 is 26.7 Å². The van der Waals surface area contributed by atoms with Crippen LogP contribution in [-0.4, -0.2) is 33.2 Å². The van der Waals surface area contributed by atoms with Crippen LogP contribution < -0.4 is 0 Å². The smallest absolute Gasteiger partial charge is 0.299 e. The van der Waals surface area contributed by atoms with E-state index in [2.05, 4.69) is 10.2 Å². The summed E-state index contributed by atoms with van der Waals surface area (Å²) < 4.78 is 79.4. The minimum Gasteiger partial charge on any atom is -0.299 e. The van der Waals surface area contributed by atoms with E-state index in [1.807, 2.05) is 0 Å². The molecule has 0 aliphatic carbocycles. The molecule has 0 saturated carbocycles. The fraction of sp³-hybridized carbons (Fsp3) is 0.190. The van der Waals surface area contributed by atoms with Crippen LogP contribution in [0, 0.1) is 18.6 Å². The Morgan fingerprint density at radius 2 is 1.70 bits per heavy atom. The molecule has 0 radical (unpaired) electrons. The molecular weight excluding hydrogens is 464 g/mol. The van der Waals surface area contributed by atoms with Gasteiger partial charge in [0, 0.05) is 18.2 Å². The van der Waals surface area contributed by atoms with Crippen LogP contribution in [-0.2, 0) is 27.7 Å². The summed E-state index contributed by atoms with van der Waals surface area (Å²) >= 11 is 0. The molecule has 12 heteroatoms. The summed E-state index contributed by atoms with van der Waals surface area (Å²) in [7, 11) is -4.34. The number of aromatic nitrogens is 4. The number of ketones is 1. The van der Waals surface area contributed by atoms with Crippen molar-refractivity contribution in [1.29, 1.82) is 0 Å². The second-order valence-electron chi connectivity index (χ2n) is 7.36. The summed E-state index contributed by atoms with van der Waals surface area (Å²) in [5.41, 5.74) is 0.806. The van der Waals surface area contributed by atoms with Crippen molar-refractivity contribution < 1.29 is 30.8 Å². The molecule has 4 aromatic rings. The number of carbonyl (C=O) groups is 1. The van der Waals surface area contributed by atoms with Gasteiger partial charge >= 0.3 is 6.55 Å². The number of Topliss-reactive ketones (excluding diaryl/α,β-unsaturated/α-hetero) is 1. The maximum absolute atomic E-state index is 13.4. The first kappa shape index (κ1) is 22.6. The summed E-state index contributed by atoms with van der Waals surface area (Å²) in [4.78, 5) is 12.0. The number of halogens is 4. The van der Waals surface area contributed by atoms with Crippen molar-refractivity contribution in [3.8, 4) is 0 Å². The number of hydrogen-bond donors (Lipinski definition) is 0. The van der Waals surface area contributed by atoms with Gasteiger partial charge in [0.05, 0.1) is 23.6 Å². The van der Waals surface area contributed by atoms with Crippen molar-refractivity contribution in [1.82, 2.24) is 19.0 Å². The highest BCUT2D eigenvalue weighted by atomic mass is 32.2. The molecule has 0 aliphatic rings. The van der Waals surface area contributed by atoms with Crippen LogP contribution >= 0.6 is 0 Å². The van der Waals surface area contributed by atoms with Crippen LogP contribution in [0.2, 0.25) is 0 Å². The molecule has 0 amide bonds. The topological polar surface area (TPSA) is 86.8 Å². The second kappa shape index (κ2) is 8.43. The Labute approximate surface area is 185 Å². The number of benzene rings is 2. The number of carbonyl (C=O) groups excluding carboxylic acids is 1. The Hall–Kier alpha value is -3.54. The molecule has 7 nitrogen and oxygen atoms in total. The first-order valence-corrected chi connectivity index (χ1v) is 11.0. The molecule has 0 fully saturated rings. The molecule has 33 heavy (non-hydrogen) atoms. The minimum absolute atomic E-state index is 0.0947. The molecule has 172 valence electrons. The van der Waals surface area contributed by atoms with E-state index >= 15 is 0 Å². The Morgan fingerprint density at radius 1 is 1.03 bits per heavy atom. The van der Waals surface area contributed by atoms with E-state index in [-0.39, 0.29) is 34.5 Å². The lowest BCUT2D eigenvalue weighted by Crippen LogP contribution is -2.15. The molecule has 2 aromatic heterocycles. The standard InChI is InChI=1S/C21H16F4N4O3S/c1-12-20(11-28(27-12)21(24)25)33(31,32)29-19-9-14(2-4-15(19)10-26-29)7-16(30)6-13-3-5-17(22)18(23)8-13/h2-5,8-11,21H,6-7H2,1H3. The van der Waals surface area contributed by atoms with Crippen LogP contribution in [0.3, 0.4) is 0 Å². The lowest BCUT2D eigenvalue weighted by Gasteiger charge is -2.07. The summed E-state index contributed by atoms with van der Waals surface area (Å²) in [5, 5.41) is 7.87. The lowest BCUT2D eigenvalue weighted by molar-refractivity contribution is -0.117. The lowest BCUT2D eigenvalue weighted by atomic mass is 10.0. The van der Waals surface area contributed by atoms with E-state index in [1.54, 1.807) is 12.1 Å². The average molecular weight is 480 g/mol. The van der Waals surface area contributed by atoms with Gasteiger partial charge in [-0.3, -0.25) is 4.79 Å². The monoisotopic (exact) mass is 480 g/mol. The maximum atomic E-state index is 13.4. The predicted molar refractivity (Wildman–Crippen MR) is 109 cm³/mol. The first-order valence-electron chi connectivity index (χ1n) is 9.58. The van der Waals surface area contributed by atoms with Gasteiger partial charge in [0.25, 0.3) is 10.0 Å². The van der Waals surface area contributed by atoms with Gasteiger partial charge in [-0.1, -0.05) is 18.2 Å². The number of rotatable bonds is 7. The molecule has 2 heterocycles. The van der Waals surface area contributed by atoms with Crippen LogP contribution in [0.15, 0.2) is 53.7 Å². The van der Waals surface area contributed by atoms with Gasteiger partial charge in [0.15, 0.2) is 11.6 Å².